The summed E-state index contributed by atoms with van der Waals surface area (Å²) in [6, 6.07) is 16.0. The van der Waals surface area contributed by atoms with Gasteiger partial charge in [0.2, 0.25) is 5.91 Å². The molecule has 5 heteroatoms. The lowest BCUT2D eigenvalue weighted by molar-refractivity contribution is -0.115. The Kier molecular flexibility index (Phi) is 6.35. The maximum Gasteiger partial charge on any atom is 0.225 e. The minimum atomic E-state index is 0.0156. The van der Waals surface area contributed by atoms with Crippen molar-refractivity contribution in [2.45, 2.75) is 31.7 Å². The van der Waals surface area contributed by atoms with Crippen molar-refractivity contribution in [3.8, 4) is 5.75 Å². The summed E-state index contributed by atoms with van der Waals surface area (Å²) in [6.45, 7) is 4.18. The summed E-state index contributed by atoms with van der Waals surface area (Å²) in [5.41, 5.74) is 4.12. The van der Waals surface area contributed by atoms with Gasteiger partial charge >= 0.3 is 0 Å². The van der Waals surface area contributed by atoms with Crippen molar-refractivity contribution in [1.82, 2.24) is 4.98 Å². The molecule has 0 aliphatic heterocycles. The Morgan fingerprint density at radius 1 is 1.19 bits per heavy atom. The zero-order chi connectivity index (χ0) is 19.2. The number of hydrogen-bond acceptors (Lipinski definition) is 4. The van der Waals surface area contributed by atoms with Crippen LogP contribution in [0.25, 0.3) is 10.9 Å². The first-order chi connectivity index (χ1) is 13.1. The second-order valence-corrected chi connectivity index (χ2v) is 7.45. The van der Waals surface area contributed by atoms with Crippen LogP contribution in [0.15, 0.2) is 53.6 Å². The van der Waals surface area contributed by atoms with Crippen molar-refractivity contribution < 1.29 is 9.53 Å². The predicted molar refractivity (Wildman–Crippen MR) is 113 cm³/mol. The molecular weight excluding hydrogens is 356 g/mol. The number of fused-ring (bicyclic) bond motifs is 1. The number of rotatable bonds is 7. The van der Waals surface area contributed by atoms with E-state index in [-0.39, 0.29) is 5.91 Å². The minimum absolute atomic E-state index is 0.0156. The molecule has 140 valence electrons. The van der Waals surface area contributed by atoms with Gasteiger partial charge in [0.15, 0.2) is 0 Å². The number of aryl methyl sites for hydroxylation is 2. The lowest BCUT2D eigenvalue weighted by Crippen LogP contribution is -2.12. The number of carbonyl (C=O) groups excluding carboxylic acids is 1. The number of nitrogens with zero attached hydrogens (tertiary/aromatic N) is 1. The van der Waals surface area contributed by atoms with E-state index in [1.165, 1.54) is 5.56 Å². The first-order valence-corrected chi connectivity index (χ1v) is 10.0. The number of aromatic nitrogens is 1. The van der Waals surface area contributed by atoms with Crippen LogP contribution in [0, 0.1) is 6.92 Å². The largest absolute Gasteiger partial charge is 0.494 e. The molecule has 27 heavy (non-hydrogen) atoms. The Labute approximate surface area is 164 Å². The van der Waals surface area contributed by atoms with Crippen molar-refractivity contribution in [3.05, 3.63) is 59.7 Å². The number of carbonyl (C=O) groups is 1. The number of amides is 1. The Hall–Kier alpha value is -2.53. The summed E-state index contributed by atoms with van der Waals surface area (Å²) in [5.74, 6) is 1.46. The number of benzene rings is 2. The SMILES string of the molecule is CCc1ccc(NC(=O)CCSc2cc(C)c3cccc(OC)c3n2)cc1. The van der Waals surface area contributed by atoms with Gasteiger partial charge in [0.1, 0.15) is 11.3 Å². The number of hydrogen-bond donors (Lipinski definition) is 1. The maximum atomic E-state index is 12.2. The van der Waals surface area contributed by atoms with Gasteiger partial charge in [0, 0.05) is 23.2 Å². The van der Waals surface area contributed by atoms with Crippen LogP contribution in [0.1, 0.15) is 24.5 Å². The van der Waals surface area contributed by atoms with Gasteiger partial charge < -0.3 is 10.1 Å². The summed E-state index contributed by atoms with van der Waals surface area (Å²) in [6.07, 6.45) is 1.43. The van der Waals surface area contributed by atoms with Crippen LogP contribution >= 0.6 is 11.8 Å². The van der Waals surface area contributed by atoms with Gasteiger partial charge in [-0.2, -0.15) is 0 Å². The fraction of sp³-hybridized carbons (Fsp3) is 0.273. The van der Waals surface area contributed by atoms with Crippen molar-refractivity contribution in [3.63, 3.8) is 0 Å². The molecule has 0 unspecified atom stereocenters. The topological polar surface area (TPSA) is 51.2 Å². The molecule has 3 aromatic rings. The number of pyridine rings is 1. The number of anilines is 1. The smallest absolute Gasteiger partial charge is 0.225 e. The van der Waals surface area contributed by atoms with E-state index in [1.807, 2.05) is 42.5 Å². The predicted octanol–water partition coefficient (Wildman–Crippen LogP) is 5.24. The van der Waals surface area contributed by atoms with Crippen LogP contribution in [0.2, 0.25) is 0 Å². The molecule has 3 rings (SSSR count). The molecule has 0 bridgehead atoms. The minimum Gasteiger partial charge on any atom is -0.494 e. The lowest BCUT2D eigenvalue weighted by Gasteiger charge is -2.10. The van der Waals surface area contributed by atoms with Gasteiger partial charge in [-0.15, -0.1) is 11.8 Å². The van der Waals surface area contributed by atoms with Crippen molar-refractivity contribution in [2.75, 3.05) is 18.2 Å². The van der Waals surface area contributed by atoms with E-state index in [0.29, 0.717) is 12.2 Å². The zero-order valence-corrected chi connectivity index (χ0v) is 16.7. The Morgan fingerprint density at radius 2 is 1.96 bits per heavy atom. The molecule has 0 spiro atoms. The highest BCUT2D eigenvalue weighted by molar-refractivity contribution is 7.99. The van der Waals surface area contributed by atoms with Crippen LogP contribution in [0.3, 0.4) is 0 Å². The molecular formula is C22H24N2O2S. The van der Waals surface area contributed by atoms with Gasteiger partial charge in [-0.3, -0.25) is 4.79 Å². The van der Waals surface area contributed by atoms with Gasteiger partial charge in [0.05, 0.1) is 12.1 Å². The average Bonchev–Trinajstić information content (AvgIpc) is 2.68. The van der Waals surface area contributed by atoms with Crippen molar-refractivity contribution in [1.29, 1.82) is 0 Å². The number of para-hydroxylation sites is 1. The molecule has 0 aliphatic carbocycles. The number of ether oxygens (including phenoxy) is 1. The fourth-order valence-corrected chi connectivity index (χ4v) is 3.81. The van der Waals surface area contributed by atoms with E-state index in [0.717, 1.165) is 39.4 Å². The van der Waals surface area contributed by atoms with E-state index in [2.05, 4.69) is 25.2 Å². The molecule has 1 heterocycles. The summed E-state index contributed by atoms with van der Waals surface area (Å²) < 4.78 is 5.43. The second kappa shape index (κ2) is 8.91. The zero-order valence-electron chi connectivity index (χ0n) is 15.9. The first-order valence-electron chi connectivity index (χ1n) is 9.06. The number of methoxy groups -OCH3 is 1. The molecule has 2 aromatic carbocycles. The third-order valence-corrected chi connectivity index (χ3v) is 5.34. The molecule has 4 nitrogen and oxygen atoms in total. The van der Waals surface area contributed by atoms with Gasteiger partial charge in [0.25, 0.3) is 0 Å². The molecule has 0 atom stereocenters. The maximum absolute atomic E-state index is 12.2. The highest BCUT2D eigenvalue weighted by Gasteiger charge is 2.09. The summed E-state index contributed by atoms with van der Waals surface area (Å²) in [7, 11) is 1.66. The fourth-order valence-electron chi connectivity index (χ4n) is 2.90. The standard InChI is InChI=1S/C22H24N2O2S/c1-4-16-8-10-17(11-9-16)23-20(25)12-13-27-21-14-15(2)18-6-5-7-19(26-3)22(18)24-21/h5-11,14H,4,12-13H2,1-3H3,(H,23,25). The van der Waals surface area contributed by atoms with Gasteiger partial charge in [-0.25, -0.2) is 4.98 Å². The van der Waals surface area contributed by atoms with E-state index < -0.39 is 0 Å². The highest BCUT2D eigenvalue weighted by atomic mass is 32.2. The molecule has 0 fully saturated rings. The number of nitrogens with one attached hydrogen (secondary N) is 1. The van der Waals surface area contributed by atoms with Gasteiger partial charge in [-0.1, -0.05) is 31.2 Å². The summed E-state index contributed by atoms with van der Waals surface area (Å²) in [4.78, 5) is 16.9. The van der Waals surface area contributed by atoms with E-state index >= 15 is 0 Å². The Morgan fingerprint density at radius 3 is 2.67 bits per heavy atom. The average molecular weight is 381 g/mol. The van der Waals surface area contributed by atoms with E-state index in [4.69, 9.17) is 9.72 Å². The first kappa shape index (κ1) is 19.2. The van der Waals surface area contributed by atoms with Crippen LogP contribution in [0.5, 0.6) is 5.75 Å². The van der Waals surface area contributed by atoms with E-state index in [1.54, 1.807) is 18.9 Å². The molecule has 0 aliphatic rings. The molecule has 0 saturated carbocycles. The highest BCUT2D eigenvalue weighted by Crippen LogP contribution is 2.29. The summed E-state index contributed by atoms with van der Waals surface area (Å²) >= 11 is 1.59. The van der Waals surface area contributed by atoms with Crippen molar-refractivity contribution in [2.24, 2.45) is 0 Å². The van der Waals surface area contributed by atoms with Crippen LogP contribution in [0.4, 0.5) is 5.69 Å². The Bertz CT molecular complexity index is 939. The second-order valence-electron chi connectivity index (χ2n) is 6.33. The summed E-state index contributed by atoms with van der Waals surface area (Å²) in [5, 5.41) is 4.94. The van der Waals surface area contributed by atoms with Crippen LogP contribution in [-0.4, -0.2) is 23.8 Å². The molecule has 1 amide bonds. The molecule has 0 radical (unpaired) electrons. The lowest BCUT2D eigenvalue weighted by atomic mass is 10.1. The molecule has 1 N–H and O–H groups in total. The van der Waals surface area contributed by atoms with Gasteiger partial charge in [-0.05, 0) is 48.7 Å². The van der Waals surface area contributed by atoms with Crippen LogP contribution in [-0.2, 0) is 11.2 Å². The normalized spacial score (nSPS) is 10.8. The third-order valence-electron chi connectivity index (χ3n) is 4.43. The molecule has 0 saturated heterocycles. The Balaban J connectivity index is 1.60. The molecule has 1 aromatic heterocycles. The quantitative estimate of drug-likeness (QED) is 0.570. The van der Waals surface area contributed by atoms with E-state index in [9.17, 15) is 4.79 Å². The van der Waals surface area contributed by atoms with Crippen LogP contribution < -0.4 is 10.1 Å². The number of thioether (sulfide) groups is 1. The third kappa shape index (κ3) is 4.80. The van der Waals surface area contributed by atoms with Crippen molar-refractivity contribution >= 4 is 34.3 Å². The monoisotopic (exact) mass is 380 g/mol.